The van der Waals surface area contributed by atoms with Gasteiger partial charge in [0, 0.05) is 10.8 Å². The van der Waals surface area contributed by atoms with Crippen LogP contribution in [-0.4, -0.2) is 8.07 Å². The quantitative estimate of drug-likeness (QED) is 0.461. The van der Waals surface area contributed by atoms with Crippen molar-refractivity contribution in [2.45, 2.75) is 19.5 Å². The molecule has 1 unspecified atom stereocenters. The standard InChI is InChI=1S/C14H14SSi.2ClH.Zr/c1-16(2)13-12-10(9-5-3-4-6-9)7-8-11(12)15-14(13)16;;;/h3-5,7-8,12H,6H2,1-2H3;2*1H;/q;;;+2/p-2. The van der Waals surface area contributed by atoms with Gasteiger partial charge in [-0.1, -0.05) is 48.7 Å². The Morgan fingerprint density at radius 3 is 2.53 bits per heavy atom. The molecule has 0 bridgehead atoms. The Labute approximate surface area is 151 Å². The van der Waals surface area contributed by atoms with Crippen LogP contribution in [0.1, 0.15) is 6.42 Å². The van der Waals surface area contributed by atoms with Crippen molar-refractivity contribution in [3.05, 3.63) is 56.2 Å². The molecule has 0 saturated carbocycles. The summed E-state index contributed by atoms with van der Waals surface area (Å²) in [5.41, 5.74) is 3.14. The van der Waals surface area contributed by atoms with Gasteiger partial charge in [-0.05, 0) is 22.1 Å². The minimum atomic E-state index is -1.02. The van der Waals surface area contributed by atoms with Crippen LogP contribution in [0.25, 0.3) is 0 Å². The number of fused-ring (bicyclic) bond motifs is 2. The van der Waals surface area contributed by atoms with E-state index in [9.17, 15) is 0 Å². The fourth-order valence-corrected chi connectivity index (χ4v) is 9.51. The molecule has 0 aromatic carbocycles. The van der Waals surface area contributed by atoms with Gasteiger partial charge in [-0.15, -0.1) is 11.8 Å². The maximum Gasteiger partial charge on any atom is 2.00 e. The van der Waals surface area contributed by atoms with Gasteiger partial charge in [-0.25, -0.2) is 0 Å². The number of allylic oxidation sites excluding steroid dienone is 9. The van der Waals surface area contributed by atoms with E-state index in [0.717, 1.165) is 6.42 Å². The van der Waals surface area contributed by atoms with E-state index < -0.39 is 8.07 Å². The first-order valence-corrected chi connectivity index (χ1v) is 9.72. The van der Waals surface area contributed by atoms with Crippen molar-refractivity contribution < 1.29 is 51.0 Å². The Hall–Kier alpha value is 0.730. The second-order valence-corrected chi connectivity index (χ2v) is 11.2. The van der Waals surface area contributed by atoms with Crippen molar-refractivity contribution in [3.63, 3.8) is 0 Å². The van der Waals surface area contributed by atoms with Crippen molar-refractivity contribution in [3.8, 4) is 0 Å². The zero-order valence-corrected chi connectivity index (χ0v) is 16.6. The molecule has 2 heterocycles. The Bertz CT molecular complexity index is 570. The molecule has 0 radical (unpaired) electrons. The van der Waals surface area contributed by atoms with Gasteiger partial charge in [0.1, 0.15) is 8.07 Å². The van der Waals surface area contributed by atoms with E-state index in [-0.39, 0.29) is 51.0 Å². The fraction of sp³-hybridized carbons (Fsp3) is 0.286. The maximum atomic E-state index is 2.50. The summed E-state index contributed by atoms with van der Waals surface area (Å²) in [5.74, 6) is 0.688. The molecule has 4 aliphatic rings. The van der Waals surface area contributed by atoms with Gasteiger partial charge in [0.15, 0.2) is 0 Å². The van der Waals surface area contributed by atoms with Crippen molar-refractivity contribution in [2.75, 3.05) is 0 Å². The van der Waals surface area contributed by atoms with E-state index in [4.69, 9.17) is 0 Å². The van der Waals surface area contributed by atoms with Crippen LogP contribution < -0.4 is 24.8 Å². The Morgan fingerprint density at radius 2 is 1.89 bits per heavy atom. The third kappa shape index (κ3) is 2.40. The zero-order chi connectivity index (χ0) is 10.9. The summed E-state index contributed by atoms with van der Waals surface area (Å²) in [5, 5.41) is 1.83. The largest absolute Gasteiger partial charge is 2.00 e. The monoisotopic (exact) mass is 402 g/mol. The maximum absolute atomic E-state index is 2.50. The van der Waals surface area contributed by atoms with Crippen molar-refractivity contribution >= 4 is 19.8 Å². The Balaban J connectivity index is 0.000000602. The number of halogens is 2. The molecule has 5 heteroatoms. The van der Waals surface area contributed by atoms with Gasteiger partial charge < -0.3 is 24.8 Å². The molecule has 0 N–H and O–H groups in total. The second kappa shape index (κ2) is 5.85. The van der Waals surface area contributed by atoms with E-state index in [1.165, 1.54) is 0 Å². The molecular weight excluding hydrogens is 390 g/mol. The Kier molecular flexibility index (Phi) is 5.47. The van der Waals surface area contributed by atoms with E-state index in [1.54, 1.807) is 20.6 Å². The number of hydrogen-bond donors (Lipinski definition) is 0. The predicted octanol–water partition coefficient (Wildman–Crippen LogP) is -1.88. The molecule has 2 aliphatic heterocycles. The summed E-state index contributed by atoms with van der Waals surface area (Å²) in [6, 6.07) is 0. The predicted molar refractivity (Wildman–Crippen MR) is 73.6 cm³/mol. The minimum Gasteiger partial charge on any atom is -1.00 e. The molecule has 2 aliphatic carbocycles. The van der Waals surface area contributed by atoms with Gasteiger partial charge >= 0.3 is 26.2 Å². The molecule has 98 valence electrons. The van der Waals surface area contributed by atoms with Crippen LogP contribution in [0.15, 0.2) is 56.2 Å². The molecule has 0 amide bonds. The van der Waals surface area contributed by atoms with Crippen molar-refractivity contribution in [1.82, 2.24) is 0 Å². The molecule has 1 atom stereocenters. The zero-order valence-electron chi connectivity index (χ0n) is 10.8. The van der Waals surface area contributed by atoms with Crippen molar-refractivity contribution in [2.24, 2.45) is 5.92 Å². The molecule has 0 spiro atoms. The first-order valence-electron chi connectivity index (χ1n) is 5.90. The van der Waals surface area contributed by atoms with Gasteiger partial charge in [0.2, 0.25) is 0 Å². The number of hydrogen-bond acceptors (Lipinski definition) is 1. The van der Waals surface area contributed by atoms with E-state index in [0.29, 0.717) is 5.92 Å². The number of thioether (sulfide) groups is 1. The summed E-state index contributed by atoms with van der Waals surface area (Å²) in [4.78, 5) is 1.60. The van der Waals surface area contributed by atoms with Crippen LogP contribution >= 0.6 is 11.8 Å². The molecule has 19 heavy (non-hydrogen) atoms. The first kappa shape index (κ1) is 17.8. The van der Waals surface area contributed by atoms with Crippen LogP contribution in [-0.2, 0) is 26.2 Å². The SMILES string of the molecule is C[Si]1(C)C2=C1C1C(=CC=C1C1=CC=CC1)S2.[Cl-].[Cl-].[Zr+2]. The third-order valence-electron chi connectivity index (χ3n) is 4.10. The topological polar surface area (TPSA) is 0 Å². The molecule has 0 saturated heterocycles. The number of rotatable bonds is 1. The molecule has 4 rings (SSSR count). The molecule has 0 aromatic heterocycles. The summed E-state index contributed by atoms with van der Waals surface area (Å²) in [7, 11) is -1.02. The normalized spacial score (nSPS) is 27.3. The van der Waals surface area contributed by atoms with Crippen molar-refractivity contribution in [1.29, 1.82) is 0 Å². The summed E-state index contributed by atoms with van der Waals surface area (Å²) in [6.45, 7) is 5.00. The van der Waals surface area contributed by atoms with Gasteiger partial charge in [-0.2, -0.15) is 0 Å². The summed E-state index contributed by atoms with van der Waals surface area (Å²) >= 11 is 2.08. The smallest absolute Gasteiger partial charge is 1.00 e. The van der Waals surface area contributed by atoms with Gasteiger partial charge in [0.05, 0.1) is 0 Å². The molecule has 0 fully saturated rings. The average Bonchev–Trinajstić information content (AvgIpc) is 2.79. The minimum absolute atomic E-state index is 0. The average molecular weight is 405 g/mol. The fourth-order valence-electron chi connectivity index (χ4n) is 3.12. The van der Waals surface area contributed by atoms with Crippen LogP contribution in [0.4, 0.5) is 0 Å². The molecular formula is C14H14Cl2SSiZr. The molecule has 0 aromatic rings. The third-order valence-corrected chi connectivity index (χ3v) is 10.2. The first-order chi connectivity index (χ1) is 7.69. The van der Waals surface area contributed by atoms with Crippen LogP contribution in [0, 0.1) is 5.92 Å². The van der Waals surface area contributed by atoms with Gasteiger partial charge in [0.25, 0.3) is 0 Å². The van der Waals surface area contributed by atoms with Crippen LogP contribution in [0.3, 0.4) is 0 Å². The molecule has 0 nitrogen and oxygen atoms in total. The van der Waals surface area contributed by atoms with E-state index >= 15 is 0 Å². The van der Waals surface area contributed by atoms with E-state index in [2.05, 4.69) is 55.2 Å². The second-order valence-electron chi connectivity index (χ2n) is 5.42. The summed E-state index contributed by atoms with van der Waals surface area (Å²) < 4.78 is 1.78. The van der Waals surface area contributed by atoms with Crippen LogP contribution in [0.2, 0.25) is 13.1 Å². The van der Waals surface area contributed by atoms with Gasteiger partial charge in [-0.3, -0.25) is 0 Å². The van der Waals surface area contributed by atoms with E-state index in [1.807, 2.05) is 5.20 Å². The van der Waals surface area contributed by atoms with Crippen LogP contribution in [0.5, 0.6) is 0 Å². The summed E-state index contributed by atoms with van der Waals surface area (Å²) in [6.07, 6.45) is 12.6. The Morgan fingerprint density at radius 1 is 1.16 bits per heavy atom.